The SMILES string of the molecule is CCO[Si](CCCOC(C)CNC)(OC)OC. The second kappa shape index (κ2) is 9.99. The van der Waals surface area contributed by atoms with E-state index in [0.29, 0.717) is 13.2 Å². The van der Waals surface area contributed by atoms with Gasteiger partial charge in [-0.3, -0.25) is 0 Å². The molecule has 0 aromatic rings. The lowest BCUT2D eigenvalue weighted by Crippen LogP contribution is -2.44. The zero-order valence-corrected chi connectivity index (χ0v) is 12.7. The number of ether oxygens (including phenoxy) is 1. The van der Waals surface area contributed by atoms with Crippen molar-refractivity contribution in [2.24, 2.45) is 0 Å². The Kier molecular flexibility index (Phi) is 10.00. The van der Waals surface area contributed by atoms with E-state index in [0.717, 1.165) is 19.0 Å². The van der Waals surface area contributed by atoms with Crippen LogP contribution in [0.2, 0.25) is 6.04 Å². The van der Waals surface area contributed by atoms with E-state index in [4.69, 9.17) is 18.0 Å². The number of hydrogen-bond acceptors (Lipinski definition) is 5. The Morgan fingerprint density at radius 3 is 2.35 bits per heavy atom. The van der Waals surface area contributed by atoms with Crippen molar-refractivity contribution in [3.05, 3.63) is 0 Å². The van der Waals surface area contributed by atoms with Crippen molar-refractivity contribution in [1.82, 2.24) is 5.32 Å². The molecule has 0 radical (unpaired) electrons. The molecule has 0 aromatic carbocycles. The van der Waals surface area contributed by atoms with Crippen LogP contribution < -0.4 is 5.32 Å². The normalized spacial score (nSPS) is 13.9. The van der Waals surface area contributed by atoms with E-state index in [1.54, 1.807) is 14.2 Å². The Balaban J connectivity index is 3.82. The summed E-state index contributed by atoms with van der Waals surface area (Å²) in [5.41, 5.74) is 0. The van der Waals surface area contributed by atoms with Crippen LogP contribution in [0.25, 0.3) is 0 Å². The van der Waals surface area contributed by atoms with E-state index in [-0.39, 0.29) is 6.10 Å². The highest BCUT2D eigenvalue weighted by Gasteiger charge is 2.37. The third-order valence-electron chi connectivity index (χ3n) is 2.51. The average molecular weight is 265 g/mol. The molecule has 0 heterocycles. The molecule has 0 aliphatic rings. The molecule has 104 valence electrons. The highest BCUT2D eigenvalue weighted by atomic mass is 28.4. The van der Waals surface area contributed by atoms with Gasteiger partial charge in [0.1, 0.15) is 0 Å². The lowest BCUT2D eigenvalue weighted by atomic mass is 10.4. The molecule has 1 unspecified atom stereocenters. The second-order valence-corrected chi connectivity index (χ2v) is 6.84. The predicted molar refractivity (Wildman–Crippen MR) is 70.2 cm³/mol. The van der Waals surface area contributed by atoms with Gasteiger partial charge in [0, 0.05) is 40.0 Å². The predicted octanol–water partition coefficient (Wildman–Crippen LogP) is 1.27. The molecule has 5 nitrogen and oxygen atoms in total. The molecule has 0 aliphatic heterocycles. The molecule has 1 N–H and O–H groups in total. The van der Waals surface area contributed by atoms with Gasteiger partial charge in [0.2, 0.25) is 0 Å². The average Bonchev–Trinajstić information content (AvgIpc) is 2.33. The number of hydrogen-bond donors (Lipinski definition) is 1. The fourth-order valence-corrected chi connectivity index (χ4v) is 3.59. The monoisotopic (exact) mass is 265 g/mol. The maximum absolute atomic E-state index is 5.64. The standard InChI is InChI=1S/C11H27NO4Si/c1-6-16-17(13-4,14-5)9-7-8-15-11(2)10-12-3/h11-12H,6-10H2,1-5H3. The smallest absolute Gasteiger partial charge is 0.377 e. The number of nitrogens with one attached hydrogen (secondary N) is 1. The summed E-state index contributed by atoms with van der Waals surface area (Å²) in [6.07, 6.45) is 1.12. The van der Waals surface area contributed by atoms with Crippen LogP contribution in [0, 0.1) is 0 Å². The summed E-state index contributed by atoms with van der Waals surface area (Å²) in [4.78, 5) is 0. The summed E-state index contributed by atoms with van der Waals surface area (Å²) >= 11 is 0. The minimum Gasteiger partial charge on any atom is -0.377 e. The van der Waals surface area contributed by atoms with Crippen LogP contribution in [0.1, 0.15) is 20.3 Å². The number of likely N-dealkylation sites (N-methyl/N-ethyl adjacent to an activating group) is 1. The number of rotatable bonds is 11. The molecule has 1 atom stereocenters. The van der Waals surface area contributed by atoms with Gasteiger partial charge in [-0.25, -0.2) is 0 Å². The molecule has 0 amide bonds. The van der Waals surface area contributed by atoms with Crippen molar-refractivity contribution in [2.45, 2.75) is 32.4 Å². The Labute approximate surface area is 106 Å². The maximum Gasteiger partial charge on any atom is 0.500 e. The summed E-state index contributed by atoms with van der Waals surface area (Å²) < 4.78 is 22.1. The molecule has 0 rings (SSSR count). The minimum atomic E-state index is -2.43. The first-order valence-corrected chi connectivity index (χ1v) is 8.07. The minimum absolute atomic E-state index is 0.230. The van der Waals surface area contributed by atoms with Crippen LogP contribution in [-0.2, 0) is 18.0 Å². The second-order valence-electron chi connectivity index (χ2n) is 3.87. The molecule has 0 bridgehead atoms. The molecule has 0 aliphatic carbocycles. The molecule has 0 saturated carbocycles. The Bertz CT molecular complexity index is 179. The largest absolute Gasteiger partial charge is 0.500 e. The molecule has 6 heteroatoms. The van der Waals surface area contributed by atoms with E-state index < -0.39 is 8.80 Å². The lowest BCUT2D eigenvalue weighted by molar-refractivity contribution is 0.0600. The first-order valence-electron chi connectivity index (χ1n) is 6.14. The van der Waals surface area contributed by atoms with Crippen LogP contribution >= 0.6 is 0 Å². The fourth-order valence-electron chi connectivity index (χ4n) is 1.62. The van der Waals surface area contributed by atoms with Gasteiger partial charge in [0.05, 0.1) is 6.10 Å². The van der Waals surface area contributed by atoms with Crippen LogP contribution in [0.3, 0.4) is 0 Å². The zero-order chi connectivity index (χ0) is 13.1. The van der Waals surface area contributed by atoms with Crippen LogP contribution in [0.15, 0.2) is 0 Å². The topological polar surface area (TPSA) is 49.0 Å². The Hall–Kier alpha value is 0.0169. The first-order chi connectivity index (χ1) is 8.14. The quantitative estimate of drug-likeness (QED) is 0.450. The molecule has 0 saturated heterocycles. The van der Waals surface area contributed by atoms with Gasteiger partial charge in [0.25, 0.3) is 0 Å². The zero-order valence-electron chi connectivity index (χ0n) is 11.7. The highest BCUT2D eigenvalue weighted by molar-refractivity contribution is 6.60. The van der Waals surface area contributed by atoms with Crippen LogP contribution in [0.4, 0.5) is 0 Å². The van der Waals surface area contributed by atoms with E-state index in [1.807, 2.05) is 14.0 Å². The molecule has 0 aromatic heterocycles. The van der Waals surface area contributed by atoms with E-state index in [2.05, 4.69) is 12.2 Å². The van der Waals surface area contributed by atoms with Gasteiger partial charge in [0.15, 0.2) is 0 Å². The third-order valence-corrected chi connectivity index (χ3v) is 5.45. The van der Waals surface area contributed by atoms with E-state index in [1.165, 1.54) is 0 Å². The van der Waals surface area contributed by atoms with E-state index in [9.17, 15) is 0 Å². The molecule has 0 spiro atoms. The summed E-state index contributed by atoms with van der Waals surface area (Å²) in [5.74, 6) is 0. The highest BCUT2D eigenvalue weighted by Crippen LogP contribution is 2.16. The van der Waals surface area contributed by atoms with Crippen molar-refractivity contribution in [3.63, 3.8) is 0 Å². The third kappa shape index (κ3) is 7.12. The Morgan fingerprint density at radius 2 is 1.88 bits per heavy atom. The summed E-state index contributed by atoms with van der Waals surface area (Å²) in [7, 11) is 2.79. The van der Waals surface area contributed by atoms with Gasteiger partial charge in [-0.05, 0) is 27.3 Å². The molecule has 0 fully saturated rings. The molecule has 17 heavy (non-hydrogen) atoms. The van der Waals surface area contributed by atoms with Crippen molar-refractivity contribution in [2.75, 3.05) is 41.0 Å². The molecular formula is C11H27NO4Si. The summed E-state index contributed by atoms with van der Waals surface area (Å²) in [6.45, 7) is 6.19. The van der Waals surface area contributed by atoms with Crippen LogP contribution in [0.5, 0.6) is 0 Å². The van der Waals surface area contributed by atoms with E-state index >= 15 is 0 Å². The first kappa shape index (κ1) is 17.0. The van der Waals surface area contributed by atoms with Gasteiger partial charge in [-0.15, -0.1) is 0 Å². The van der Waals surface area contributed by atoms with Crippen molar-refractivity contribution < 1.29 is 18.0 Å². The lowest BCUT2D eigenvalue weighted by Gasteiger charge is -2.25. The fraction of sp³-hybridized carbons (Fsp3) is 1.00. The molecular weight excluding hydrogens is 238 g/mol. The summed E-state index contributed by atoms with van der Waals surface area (Å²) in [6, 6.07) is 0.792. The maximum atomic E-state index is 5.64. The van der Waals surface area contributed by atoms with Gasteiger partial charge >= 0.3 is 8.80 Å². The van der Waals surface area contributed by atoms with Gasteiger partial charge < -0.3 is 23.3 Å². The van der Waals surface area contributed by atoms with Crippen LogP contribution in [-0.4, -0.2) is 55.9 Å². The van der Waals surface area contributed by atoms with Crippen molar-refractivity contribution in [3.8, 4) is 0 Å². The van der Waals surface area contributed by atoms with Gasteiger partial charge in [-0.1, -0.05) is 0 Å². The summed E-state index contributed by atoms with van der Waals surface area (Å²) in [5, 5.41) is 3.08. The van der Waals surface area contributed by atoms with Gasteiger partial charge in [-0.2, -0.15) is 0 Å². The van der Waals surface area contributed by atoms with Crippen molar-refractivity contribution in [1.29, 1.82) is 0 Å². The van der Waals surface area contributed by atoms with Crippen molar-refractivity contribution >= 4 is 8.80 Å². The Morgan fingerprint density at radius 1 is 1.24 bits per heavy atom.